The van der Waals surface area contributed by atoms with Gasteiger partial charge in [0.15, 0.2) is 0 Å². The van der Waals surface area contributed by atoms with Gasteiger partial charge in [-0.2, -0.15) is 0 Å². The zero-order valence-corrected chi connectivity index (χ0v) is 19.7. The fourth-order valence-electron chi connectivity index (χ4n) is 4.18. The summed E-state index contributed by atoms with van der Waals surface area (Å²) >= 11 is 0. The number of ether oxygens (including phenoxy) is 2. The maximum Gasteiger partial charge on any atom is 0.257 e. The van der Waals surface area contributed by atoms with Crippen molar-refractivity contribution in [2.24, 2.45) is 5.92 Å². The minimum Gasteiger partial charge on any atom is -0.452 e. The fraction of sp³-hybridized carbons (Fsp3) is 0.400. The van der Waals surface area contributed by atoms with Gasteiger partial charge in [0.2, 0.25) is 0 Å². The lowest BCUT2D eigenvalue weighted by Gasteiger charge is -2.40. The lowest BCUT2D eigenvalue weighted by molar-refractivity contribution is -0.153. The Hall–Kier alpha value is -2.74. The molecular formula is C30H38O2. The molecule has 3 aromatic carbocycles. The van der Waals surface area contributed by atoms with Crippen molar-refractivity contribution in [1.82, 2.24) is 0 Å². The highest BCUT2D eigenvalue weighted by Gasteiger charge is 2.41. The normalized spacial score (nSPS) is 12.3. The summed E-state index contributed by atoms with van der Waals surface area (Å²) in [6.45, 7) is 4.54. The van der Waals surface area contributed by atoms with E-state index in [4.69, 9.17) is 9.47 Å². The van der Waals surface area contributed by atoms with Gasteiger partial charge in [-0.25, -0.2) is 0 Å². The molecule has 0 aliphatic heterocycles. The van der Waals surface area contributed by atoms with E-state index >= 15 is 0 Å². The molecule has 0 bridgehead atoms. The first-order valence-corrected chi connectivity index (χ1v) is 12.2. The van der Waals surface area contributed by atoms with E-state index in [1.807, 2.05) is 60.7 Å². The van der Waals surface area contributed by atoms with Gasteiger partial charge in [-0.1, -0.05) is 119 Å². The SMILES string of the molecule is CCCCCCCCC(C)C(Cc1ccccc1)(Oc1ccccc1)Oc1ccccc1. The molecule has 0 aliphatic rings. The first-order chi connectivity index (χ1) is 15.7. The Kier molecular flexibility index (Phi) is 9.68. The largest absolute Gasteiger partial charge is 0.452 e. The highest BCUT2D eigenvalue weighted by atomic mass is 16.7. The Morgan fingerprint density at radius 3 is 1.62 bits per heavy atom. The molecule has 0 radical (unpaired) electrons. The molecule has 0 aromatic heterocycles. The Morgan fingerprint density at radius 2 is 1.09 bits per heavy atom. The van der Waals surface area contributed by atoms with Gasteiger partial charge < -0.3 is 9.47 Å². The van der Waals surface area contributed by atoms with Crippen LogP contribution in [0.3, 0.4) is 0 Å². The maximum atomic E-state index is 6.75. The van der Waals surface area contributed by atoms with Gasteiger partial charge in [0, 0.05) is 5.92 Å². The van der Waals surface area contributed by atoms with Crippen molar-refractivity contribution in [2.45, 2.75) is 71.0 Å². The molecule has 0 saturated heterocycles. The number of rotatable bonds is 14. The minimum absolute atomic E-state index is 0.217. The van der Waals surface area contributed by atoms with Crippen LogP contribution < -0.4 is 9.47 Å². The van der Waals surface area contributed by atoms with E-state index in [2.05, 4.69) is 44.2 Å². The monoisotopic (exact) mass is 430 g/mol. The predicted octanol–water partition coefficient (Wildman–Crippen LogP) is 8.47. The zero-order chi connectivity index (χ0) is 22.5. The van der Waals surface area contributed by atoms with Crippen LogP contribution in [0.25, 0.3) is 0 Å². The van der Waals surface area contributed by atoms with Crippen molar-refractivity contribution in [3.63, 3.8) is 0 Å². The van der Waals surface area contributed by atoms with Crippen LogP contribution in [-0.4, -0.2) is 5.79 Å². The van der Waals surface area contributed by atoms with Crippen molar-refractivity contribution < 1.29 is 9.47 Å². The molecule has 3 aromatic rings. The molecule has 0 saturated carbocycles. The van der Waals surface area contributed by atoms with Crippen LogP contribution in [0.2, 0.25) is 0 Å². The fourth-order valence-corrected chi connectivity index (χ4v) is 4.18. The molecule has 0 amide bonds. The quantitative estimate of drug-likeness (QED) is 0.189. The molecule has 2 nitrogen and oxygen atoms in total. The molecule has 0 spiro atoms. The molecule has 0 fully saturated rings. The third-order valence-electron chi connectivity index (χ3n) is 6.10. The van der Waals surface area contributed by atoms with Gasteiger partial charge in [0.1, 0.15) is 11.5 Å². The molecular weight excluding hydrogens is 392 g/mol. The molecule has 1 unspecified atom stereocenters. The Bertz CT molecular complexity index is 760. The summed E-state index contributed by atoms with van der Waals surface area (Å²) < 4.78 is 13.5. The molecule has 0 heterocycles. The summed E-state index contributed by atoms with van der Waals surface area (Å²) in [6.07, 6.45) is 9.48. The second-order valence-corrected chi connectivity index (χ2v) is 8.76. The van der Waals surface area contributed by atoms with Crippen LogP contribution in [0.15, 0.2) is 91.0 Å². The van der Waals surface area contributed by atoms with Crippen molar-refractivity contribution >= 4 is 0 Å². The number of unbranched alkanes of at least 4 members (excludes halogenated alkanes) is 5. The van der Waals surface area contributed by atoms with Crippen molar-refractivity contribution in [3.8, 4) is 11.5 Å². The minimum atomic E-state index is -0.784. The van der Waals surface area contributed by atoms with Crippen molar-refractivity contribution in [2.75, 3.05) is 0 Å². The van der Waals surface area contributed by atoms with Crippen molar-refractivity contribution in [3.05, 3.63) is 96.6 Å². The second kappa shape index (κ2) is 13.0. The summed E-state index contributed by atoms with van der Waals surface area (Å²) in [6, 6.07) is 30.7. The molecule has 32 heavy (non-hydrogen) atoms. The second-order valence-electron chi connectivity index (χ2n) is 8.76. The molecule has 1 atom stereocenters. The molecule has 2 heteroatoms. The van der Waals surface area contributed by atoms with Gasteiger partial charge in [0.25, 0.3) is 5.79 Å². The highest BCUT2D eigenvalue weighted by Crippen LogP contribution is 2.35. The topological polar surface area (TPSA) is 18.5 Å². The number of hydrogen-bond donors (Lipinski definition) is 0. The highest BCUT2D eigenvalue weighted by molar-refractivity contribution is 5.26. The zero-order valence-electron chi connectivity index (χ0n) is 19.7. The van der Waals surface area contributed by atoms with Crippen LogP contribution in [0, 0.1) is 5.92 Å². The Morgan fingerprint density at radius 1 is 0.625 bits per heavy atom. The predicted molar refractivity (Wildman–Crippen MR) is 134 cm³/mol. The lowest BCUT2D eigenvalue weighted by Crippen LogP contribution is -2.50. The van der Waals surface area contributed by atoms with E-state index in [0.717, 1.165) is 17.9 Å². The Balaban J connectivity index is 1.85. The third-order valence-corrected chi connectivity index (χ3v) is 6.10. The van der Waals surface area contributed by atoms with E-state index in [1.165, 1.54) is 44.1 Å². The van der Waals surface area contributed by atoms with Crippen LogP contribution in [-0.2, 0) is 6.42 Å². The molecule has 0 aliphatic carbocycles. The number of benzene rings is 3. The van der Waals surface area contributed by atoms with E-state index in [-0.39, 0.29) is 5.92 Å². The third kappa shape index (κ3) is 7.44. The molecule has 170 valence electrons. The summed E-state index contributed by atoms with van der Waals surface area (Å²) in [5, 5.41) is 0. The first-order valence-electron chi connectivity index (χ1n) is 12.2. The standard InChI is InChI=1S/C30H38O2/c1-3-4-5-6-7-11-18-26(2)30(25-27-19-12-8-13-20-27,31-28-21-14-9-15-22-28)32-29-23-16-10-17-24-29/h8-10,12-17,19-24,26H,3-7,11,18,25H2,1-2H3. The van der Waals surface area contributed by atoms with Gasteiger partial charge >= 0.3 is 0 Å². The molecule has 0 N–H and O–H groups in total. The number of hydrogen-bond acceptors (Lipinski definition) is 2. The lowest BCUT2D eigenvalue weighted by atomic mass is 9.88. The molecule has 3 rings (SSSR count). The van der Waals surface area contributed by atoms with E-state index in [0.29, 0.717) is 6.42 Å². The van der Waals surface area contributed by atoms with E-state index < -0.39 is 5.79 Å². The smallest absolute Gasteiger partial charge is 0.257 e. The number of para-hydroxylation sites is 2. The average Bonchev–Trinajstić information content (AvgIpc) is 2.83. The van der Waals surface area contributed by atoms with E-state index in [1.54, 1.807) is 0 Å². The summed E-state index contributed by atoms with van der Waals surface area (Å²) in [7, 11) is 0. The average molecular weight is 431 g/mol. The van der Waals surface area contributed by atoms with Gasteiger partial charge in [0.05, 0.1) is 6.42 Å². The summed E-state index contributed by atoms with van der Waals surface area (Å²) in [4.78, 5) is 0. The van der Waals surface area contributed by atoms with Crippen LogP contribution in [0.1, 0.15) is 64.4 Å². The van der Waals surface area contributed by atoms with Gasteiger partial charge in [-0.05, 0) is 36.2 Å². The maximum absolute atomic E-state index is 6.75. The van der Waals surface area contributed by atoms with Crippen molar-refractivity contribution in [1.29, 1.82) is 0 Å². The van der Waals surface area contributed by atoms with Gasteiger partial charge in [-0.3, -0.25) is 0 Å². The Labute approximate surface area is 194 Å². The van der Waals surface area contributed by atoms with Crippen LogP contribution >= 0.6 is 0 Å². The van der Waals surface area contributed by atoms with Gasteiger partial charge in [-0.15, -0.1) is 0 Å². The van der Waals surface area contributed by atoms with E-state index in [9.17, 15) is 0 Å². The van der Waals surface area contributed by atoms with Crippen LogP contribution in [0.5, 0.6) is 11.5 Å². The van der Waals surface area contributed by atoms with Crippen LogP contribution in [0.4, 0.5) is 0 Å². The summed E-state index contributed by atoms with van der Waals surface area (Å²) in [5.41, 5.74) is 1.22. The summed E-state index contributed by atoms with van der Waals surface area (Å²) in [5.74, 6) is 1.12. The first kappa shape index (κ1) is 23.9.